The minimum Gasteiger partial charge on any atom is -0.497 e. The molecule has 4 aromatic rings. The van der Waals surface area contributed by atoms with Crippen LogP contribution in [0.4, 0.5) is 5.69 Å². The van der Waals surface area contributed by atoms with E-state index in [2.05, 4.69) is 9.69 Å². The summed E-state index contributed by atoms with van der Waals surface area (Å²) >= 11 is 2.38. The number of fused-ring (bicyclic) bond motifs is 1. The van der Waals surface area contributed by atoms with Crippen LogP contribution in [0, 0.1) is 0 Å². The van der Waals surface area contributed by atoms with Crippen molar-refractivity contribution in [1.82, 2.24) is 13.9 Å². The smallest absolute Gasteiger partial charge is 0.273 e. The average molecular weight is 497 g/mol. The summed E-state index contributed by atoms with van der Waals surface area (Å²) in [7, 11) is 3.09. The van der Waals surface area contributed by atoms with E-state index in [-0.39, 0.29) is 17.2 Å². The van der Waals surface area contributed by atoms with Gasteiger partial charge in [-0.15, -0.1) is 0 Å². The maximum Gasteiger partial charge on any atom is 0.273 e. The van der Waals surface area contributed by atoms with Crippen molar-refractivity contribution in [2.45, 2.75) is 25.0 Å². The van der Waals surface area contributed by atoms with Crippen LogP contribution in [0.1, 0.15) is 13.3 Å². The largest absolute Gasteiger partial charge is 0.497 e. The third-order valence-electron chi connectivity index (χ3n) is 5.05. The van der Waals surface area contributed by atoms with Gasteiger partial charge in [0.25, 0.3) is 5.56 Å². The molecule has 0 aliphatic carbocycles. The SMILES string of the molecule is CCCn1c(SCC(=O)Nc2cc(OC)ccc2OC)nc2c(-c3ccccc3)nsc2c1=O. The van der Waals surface area contributed by atoms with Gasteiger partial charge in [0.15, 0.2) is 5.16 Å². The molecule has 10 heteroatoms. The van der Waals surface area contributed by atoms with Gasteiger partial charge in [0.1, 0.15) is 27.4 Å². The summed E-state index contributed by atoms with van der Waals surface area (Å²) in [6.07, 6.45) is 0.762. The van der Waals surface area contributed by atoms with Crippen molar-refractivity contribution in [2.75, 3.05) is 25.3 Å². The molecule has 176 valence electrons. The quantitative estimate of drug-likeness (QED) is 0.266. The number of carbonyl (C=O) groups is 1. The molecule has 1 amide bonds. The lowest BCUT2D eigenvalue weighted by molar-refractivity contribution is -0.113. The molecular formula is C24H24N4O4S2. The third-order valence-corrected chi connectivity index (χ3v) is 6.85. The molecule has 0 unspecified atom stereocenters. The molecule has 0 bridgehead atoms. The second kappa shape index (κ2) is 10.7. The maximum atomic E-state index is 13.2. The third kappa shape index (κ3) is 4.92. The number of methoxy groups -OCH3 is 2. The zero-order valence-electron chi connectivity index (χ0n) is 19.0. The van der Waals surface area contributed by atoms with E-state index in [9.17, 15) is 9.59 Å². The maximum absolute atomic E-state index is 13.2. The van der Waals surface area contributed by atoms with Crippen molar-refractivity contribution in [2.24, 2.45) is 0 Å². The number of rotatable bonds is 9. The second-order valence-corrected chi connectivity index (χ2v) is 9.05. The fourth-order valence-electron chi connectivity index (χ4n) is 3.44. The van der Waals surface area contributed by atoms with Crippen molar-refractivity contribution < 1.29 is 14.3 Å². The van der Waals surface area contributed by atoms with Crippen LogP contribution in [0.2, 0.25) is 0 Å². The van der Waals surface area contributed by atoms with Crippen LogP contribution in [-0.4, -0.2) is 39.8 Å². The molecule has 4 rings (SSSR count). The first-order valence-electron chi connectivity index (χ1n) is 10.7. The van der Waals surface area contributed by atoms with E-state index in [0.29, 0.717) is 44.8 Å². The molecule has 0 saturated carbocycles. The Morgan fingerprint density at radius 1 is 1.15 bits per heavy atom. The Kier molecular flexibility index (Phi) is 7.49. The van der Waals surface area contributed by atoms with Crippen LogP contribution >= 0.6 is 23.3 Å². The summed E-state index contributed by atoms with van der Waals surface area (Å²) in [6, 6.07) is 14.8. The lowest BCUT2D eigenvalue weighted by atomic mass is 10.1. The van der Waals surface area contributed by atoms with E-state index in [1.165, 1.54) is 18.9 Å². The number of nitrogens with one attached hydrogen (secondary N) is 1. The first-order chi connectivity index (χ1) is 16.5. The molecule has 0 radical (unpaired) electrons. The zero-order valence-corrected chi connectivity index (χ0v) is 20.7. The summed E-state index contributed by atoms with van der Waals surface area (Å²) in [5.74, 6) is 0.949. The molecule has 0 saturated heterocycles. The monoisotopic (exact) mass is 496 g/mol. The van der Waals surface area contributed by atoms with Gasteiger partial charge in [0, 0.05) is 18.2 Å². The van der Waals surface area contributed by atoms with Crippen molar-refractivity contribution in [3.8, 4) is 22.8 Å². The molecule has 2 aromatic heterocycles. The summed E-state index contributed by atoms with van der Waals surface area (Å²) in [4.78, 5) is 30.8. The van der Waals surface area contributed by atoms with Gasteiger partial charge in [0.2, 0.25) is 5.91 Å². The van der Waals surface area contributed by atoms with Crippen molar-refractivity contribution in [3.05, 3.63) is 58.9 Å². The van der Waals surface area contributed by atoms with Gasteiger partial charge in [-0.1, -0.05) is 49.0 Å². The van der Waals surface area contributed by atoms with E-state index >= 15 is 0 Å². The highest BCUT2D eigenvalue weighted by Crippen LogP contribution is 2.31. The highest BCUT2D eigenvalue weighted by molar-refractivity contribution is 7.99. The van der Waals surface area contributed by atoms with Gasteiger partial charge in [-0.25, -0.2) is 4.98 Å². The average Bonchev–Trinajstić information content (AvgIpc) is 3.29. The predicted octanol–water partition coefficient (Wildman–Crippen LogP) is 4.68. The molecule has 0 aliphatic heterocycles. The minimum atomic E-state index is -0.249. The molecule has 1 N–H and O–H groups in total. The van der Waals surface area contributed by atoms with Gasteiger partial charge in [0.05, 0.1) is 25.7 Å². The fourth-order valence-corrected chi connectivity index (χ4v) is 5.05. The number of hydrogen-bond donors (Lipinski definition) is 1. The number of nitrogens with zero attached hydrogens (tertiary/aromatic N) is 3. The normalized spacial score (nSPS) is 10.9. The Bertz CT molecular complexity index is 1370. The number of ether oxygens (including phenoxy) is 2. The number of thioether (sulfide) groups is 1. The van der Waals surface area contributed by atoms with E-state index in [1.54, 1.807) is 29.9 Å². The number of amides is 1. The fraction of sp³-hybridized carbons (Fsp3) is 0.250. The van der Waals surface area contributed by atoms with Gasteiger partial charge < -0.3 is 14.8 Å². The van der Waals surface area contributed by atoms with Gasteiger partial charge in [-0.3, -0.25) is 14.2 Å². The highest BCUT2D eigenvalue weighted by atomic mass is 32.2. The standard InChI is InChI=1S/C24H24N4O4S2/c1-4-12-28-23(30)22-21(20(27-34-22)15-8-6-5-7-9-15)26-24(28)33-14-19(29)25-17-13-16(31-2)10-11-18(17)32-3/h5-11,13H,4,12,14H2,1-3H3,(H,25,29). The summed E-state index contributed by atoms with van der Waals surface area (Å²) in [6.45, 7) is 2.50. The zero-order chi connectivity index (χ0) is 24.1. The number of benzene rings is 2. The van der Waals surface area contributed by atoms with Crippen LogP contribution in [0.5, 0.6) is 11.5 Å². The molecule has 8 nitrogen and oxygen atoms in total. The van der Waals surface area contributed by atoms with Crippen molar-refractivity contribution >= 4 is 45.1 Å². The van der Waals surface area contributed by atoms with E-state index in [4.69, 9.17) is 14.5 Å². The Labute approximate surface area is 205 Å². The summed E-state index contributed by atoms with van der Waals surface area (Å²) in [5, 5.41) is 3.34. The van der Waals surface area contributed by atoms with Crippen LogP contribution in [-0.2, 0) is 11.3 Å². The molecule has 0 spiro atoms. The first kappa shape index (κ1) is 23.8. The van der Waals surface area contributed by atoms with Crippen LogP contribution in [0.25, 0.3) is 21.5 Å². The molecule has 0 fully saturated rings. The van der Waals surface area contributed by atoms with Crippen molar-refractivity contribution in [3.63, 3.8) is 0 Å². The first-order valence-corrected chi connectivity index (χ1v) is 12.4. The second-order valence-electron chi connectivity index (χ2n) is 7.33. The lowest BCUT2D eigenvalue weighted by Crippen LogP contribution is -2.23. The van der Waals surface area contributed by atoms with Crippen molar-refractivity contribution in [1.29, 1.82) is 0 Å². The van der Waals surface area contributed by atoms with E-state index < -0.39 is 0 Å². The Balaban J connectivity index is 1.63. The summed E-state index contributed by atoms with van der Waals surface area (Å²) < 4.78 is 17.2. The number of anilines is 1. The number of carbonyl (C=O) groups excluding carboxylic acids is 1. The molecule has 2 heterocycles. The minimum absolute atomic E-state index is 0.0697. The molecule has 0 atom stereocenters. The Morgan fingerprint density at radius 3 is 2.65 bits per heavy atom. The molecule has 34 heavy (non-hydrogen) atoms. The highest BCUT2D eigenvalue weighted by Gasteiger charge is 2.19. The molecule has 0 aliphatic rings. The lowest BCUT2D eigenvalue weighted by Gasteiger charge is -2.13. The van der Waals surface area contributed by atoms with E-state index in [1.807, 2.05) is 37.3 Å². The number of aromatic nitrogens is 3. The van der Waals surface area contributed by atoms with Crippen LogP contribution < -0.4 is 20.3 Å². The topological polar surface area (TPSA) is 95.3 Å². The van der Waals surface area contributed by atoms with Gasteiger partial charge in [-0.05, 0) is 30.1 Å². The van der Waals surface area contributed by atoms with Crippen LogP contribution in [0.15, 0.2) is 58.5 Å². The van der Waals surface area contributed by atoms with Gasteiger partial charge in [-0.2, -0.15) is 4.37 Å². The molecule has 2 aromatic carbocycles. The van der Waals surface area contributed by atoms with Crippen LogP contribution in [0.3, 0.4) is 0 Å². The number of hydrogen-bond acceptors (Lipinski definition) is 8. The molecular weight excluding hydrogens is 472 g/mol. The van der Waals surface area contributed by atoms with E-state index in [0.717, 1.165) is 23.5 Å². The Morgan fingerprint density at radius 2 is 1.94 bits per heavy atom. The van der Waals surface area contributed by atoms with Gasteiger partial charge >= 0.3 is 0 Å². The predicted molar refractivity (Wildman–Crippen MR) is 136 cm³/mol. The Hall–Kier alpha value is -3.37. The summed E-state index contributed by atoms with van der Waals surface area (Å²) in [5.41, 5.74) is 2.51.